The number of carbonyl (C=O) groups is 1. The Balaban J connectivity index is 1.88. The maximum atomic E-state index is 12.8. The van der Waals surface area contributed by atoms with E-state index in [1.165, 1.54) is 4.31 Å². The molecular weight excluding hydrogens is 414 g/mol. The minimum absolute atomic E-state index is 0.227. The zero-order valence-corrected chi connectivity index (χ0v) is 18.8. The van der Waals surface area contributed by atoms with Crippen LogP contribution in [-0.4, -0.2) is 37.6 Å². The maximum Gasteiger partial charge on any atom is 0.255 e. The summed E-state index contributed by atoms with van der Waals surface area (Å²) in [6.45, 7) is 4.72. The molecule has 3 aromatic rings. The molecule has 0 radical (unpaired) electrons. The maximum absolute atomic E-state index is 12.8. The van der Waals surface area contributed by atoms with Crippen molar-refractivity contribution < 1.29 is 18.0 Å². The number of furan rings is 1. The summed E-state index contributed by atoms with van der Waals surface area (Å²) in [4.78, 5) is 17.6. The van der Waals surface area contributed by atoms with Gasteiger partial charge in [-0.05, 0) is 43.7 Å². The summed E-state index contributed by atoms with van der Waals surface area (Å²) in [5, 5.41) is 3.39. The van der Waals surface area contributed by atoms with Crippen LogP contribution in [0.25, 0.3) is 22.4 Å². The monoisotopic (exact) mass is 441 g/mol. The number of hydrogen-bond acceptors (Lipinski definition) is 4. The summed E-state index contributed by atoms with van der Waals surface area (Å²) in [7, 11) is 1.60. The van der Waals surface area contributed by atoms with Gasteiger partial charge in [-0.2, -0.15) is 4.31 Å². The van der Waals surface area contributed by atoms with Crippen molar-refractivity contribution in [1.82, 2.24) is 14.6 Å². The van der Waals surface area contributed by atoms with Crippen LogP contribution in [0.5, 0.6) is 0 Å². The van der Waals surface area contributed by atoms with E-state index in [0.717, 1.165) is 41.6 Å². The van der Waals surface area contributed by atoms with E-state index in [9.17, 15) is 13.6 Å². The van der Waals surface area contributed by atoms with Crippen LogP contribution in [0.1, 0.15) is 59.3 Å². The van der Waals surface area contributed by atoms with E-state index in [1.807, 2.05) is 44.2 Å². The van der Waals surface area contributed by atoms with Crippen LogP contribution in [0, 0.1) is 6.92 Å². The summed E-state index contributed by atoms with van der Waals surface area (Å²) in [6, 6.07) is 9.80. The average molecular weight is 442 g/mol. The topological polar surface area (TPSA) is 95.7 Å². The highest BCUT2D eigenvalue weighted by molar-refractivity contribution is 7.76. The highest BCUT2D eigenvalue weighted by Gasteiger charge is 2.31. The molecule has 1 saturated carbocycles. The minimum Gasteiger partial charge on any atom is -0.437 e. The molecule has 0 bridgehead atoms. The van der Waals surface area contributed by atoms with Crippen LogP contribution >= 0.6 is 0 Å². The predicted octanol–water partition coefficient (Wildman–Crippen LogP) is 4.39. The molecule has 0 saturated heterocycles. The highest BCUT2D eigenvalue weighted by Crippen LogP contribution is 2.44. The molecule has 1 amide bonds. The smallest absolute Gasteiger partial charge is 0.255 e. The largest absolute Gasteiger partial charge is 0.437 e. The third-order valence-electron chi connectivity index (χ3n) is 5.60. The van der Waals surface area contributed by atoms with Gasteiger partial charge in [0.05, 0.1) is 23.2 Å². The molecule has 31 heavy (non-hydrogen) atoms. The highest BCUT2D eigenvalue weighted by atomic mass is 32.2. The van der Waals surface area contributed by atoms with E-state index >= 15 is 0 Å². The fourth-order valence-corrected chi connectivity index (χ4v) is 4.41. The quantitative estimate of drug-likeness (QED) is 0.506. The van der Waals surface area contributed by atoms with Gasteiger partial charge in [-0.15, -0.1) is 0 Å². The van der Waals surface area contributed by atoms with Crippen LogP contribution in [0.15, 0.2) is 34.7 Å². The lowest BCUT2D eigenvalue weighted by molar-refractivity contribution is 0.0964. The Morgan fingerprint density at radius 2 is 2.03 bits per heavy atom. The number of rotatable bonds is 8. The number of amides is 1. The number of benzene rings is 1. The Kier molecular flexibility index (Phi) is 6.22. The number of aromatic nitrogens is 1. The lowest BCUT2D eigenvalue weighted by atomic mass is 10.0. The Hall–Kier alpha value is -2.55. The number of carbonyl (C=O) groups excluding carboxylic acids is 1. The van der Waals surface area contributed by atoms with Gasteiger partial charge in [-0.3, -0.25) is 9.35 Å². The molecule has 1 fully saturated rings. The van der Waals surface area contributed by atoms with Crippen molar-refractivity contribution in [2.45, 2.75) is 45.6 Å². The molecule has 2 heterocycles. The Morgan fingerprint density at radius 1 is 1.32 bits per heavy atom. The van der Waals surface area contributed by atoms with Crippen LogP contribution in [0.4, 0.5) is 0 Å². The van der Waals surface area contributed by atoms with E-state index in [1.54, 1.807) is 7.05 Å². The third-order valence-corrected chi connectivity index (χ3v) is 6.35. The molecule has 0 aliphatic heterocycles. The van der Waals surface area contributed by atoms with Crippen molar-refractivity contribution in [3.63, 3.8) is 0 Å². The van der Waals surface area contributed by atoms with Gasteiger partial charge in [0.25, 0.3) is 5.91 Å². The van der Waals surface area contributed by atoms with Crippen molar-refractivity contribution in [2.24, 2.45) is 0 Å². The van der Waals surface area contributed by atoms with Crippen LogP contribution in [0.2, 0.25) is 0 Å². The summed E-state index contributed by atoms with van der Waals surface area (Å²) in [5.74, 6) is 0.615. The third kappa shape index (κ3) is 4.42. The van der Waals surface area contributed by atoms with E-state index in [-0.39, 0.29) is 12.5 Å². The Bertz CT molecular complexity index is 1140. The van der Waals surface area contributed by atoms with Crippen LogP contribution in [0.3, 0.4) is 0 Å². The minimum atomic E-state index is -2.08. The summed E-state index contributed by atoms with van der Waals surface area (Å²) in [5.41, 5.74) is 4.53. The molecule has 1 unspecified atom stereocenters. The molecule has 164 valence electrons. The molecule has 4 rings (SSSR count). The first kappa shape index (κ1) is 21.7. The molecule has 1 atom stereocenters. The number of hydrogen-bond donors (Lipinski definition) is 2. The standard InChI is InChI=1S/C23H27N3O4S/c1-4-11-26(31(28)29)13-19-17(15-9-10-15)12-18-20(22(27)24-3)21(30-23(18)25-19)16-7-5-14(2)6-8-16/h5-8,12,15H,4,9-11,13H2,1-3H3,(H,24,27)(H,28,29). The van der Waals surface area contributed by atoms with Gasteiger partial charge < -0.3 is 9.73 Å². The molecule has 2 N–H and O–H groups in total. The predicted molar refractivity (Wildman–Crippen MR) is 121 cm³/mol. The zero-order chi connectivity index (χ0) is 22.1. The van der Waals surface area contributed by atoms with Gasteiger partial charge in [-0.1, -0.05) is 36.8 Å². The second-order valence-corrected chi connectivity index (χ2v) is 8.97. The van der Waals surface area contributed by atoms with Gasteiger partial charge in [0.1, 0.15) is 5.76 Å². The van der Waals surface area contributed by atoms with E-state index in [4.69, 9.17) is 9.40 Å². The first-order chi connectivity index (χ1) is 14.9. The Labute approximate surface area is 184 Å². The first-order valence-corrected chi connectivity index (χ1v) is 11.6. The van der Waals surface area contributed by atoms with Crippen molar-refractivity contribution >= 4 is 28.3 Å². The molecule has 0 spiro atoms. The van der Waals surface area contributed by atoms with Crippen LogP contribution < -0.4 is 5.32 Å². The molecular formula is C23H27N3O4S. The first-order valence-electron chi connectivity index (χ1n) is 10.5. The molecule has 8 heteroatoms. The van der Waals surface area contributed by atoms with Crippen molar-refractivity contribution in [2.75, 3.05) is 13.6 Å². The summed E-state index contributed by atoms with van der Waals surface area (Å²) in [6.07, 6.45) is 2.86. The number of aryl methyl sites for hydroxylation is 1. The van der Waals surface area contributed by atoms with Gasteiger partial charge in [0, 0.05) is 19.2 Å². The van der Waals surface area contributed by atoms with Gasteiger partial charge in [0.2, 0.25) is 17.0 Å². The number of pyridine rings is 1. The molecule has 7 nitrogen and oxygen atoms in total. The van der Waals surface area contributed by atoms with E-state index < -0.39 is 11.3 Å². The number of fused-ring (bicyclic) bond motifs is 1. The number of nitrogens with one attached hydrogen (secondary N) is 1. The van der Waals surface area contributed by atoms with Gasteiger partial charge in [0.15, 0.2) is 0 Å². The zero-order valence-electron chi connectivity index (χ0n) is 18.0. The van der Waals surface area contributed by atoms with Gasteiger partial charge >= 0.3 is 0 Å². The van der Waals surface area contributed by atoms with Crippen molar-refractivity contribution in [1.29, 1.82) is 0 Å². The fourth-order valence-electron chi connectivity index (χ4n) is 3.84. The van der Waals surface area contributed by atoms with E-state index in [2.05, 4.69) is 5.32 Å². The summed E-state index contributed by atoms with van der Waals surface area (Å²) < 4.78 is 29.1. The van der Waals surface area contributed by atoms with Crippen molar-refractivity contribution in [3.05, 3.63) is 52.7 Å². The molecule has 1 aliphatic rings. The van der Waals surface area contributed by atoms with E-state index in [0.29, 0.717) is 34.9 Å². The average Bonchev–Trinajstić information content (AvgIpc) is 3.53. The summed E-state index contributed by atoms with van der Waals surface area (Å²) >= 11 is -2.08. The Morgan fingerprint density at radius 3 is 2.61 bits per heavy atom. The second kappa shape index (κ2) is 8.90. The molecule has 1 aromatic carbocycles. The van der Waals surface area contributed by atoms with Gasteiger partial charge in [-0.25, -0.2) is 9.19 Å². The molecule has 1 aliphatic carbocycles. The SMILES string of the molecule is CCCN(Cc1nc2oc(-c3ccc(C)cc3)c(C(=O)NC)c2cc1C1CC1)S(=O)O. The number of nitrogens with zero attached hydrogens (tertiary/aromatic N) is 2. The lowest BCUT2D eigenvalue weighted by Gasteiger charge is -2.18. The fraction of sp³-hybridized carbons (Fsp3) is 0.391. The van der Waals surface area contributed by atoms with Crippen molar-refractivity contribution in [3.8, 4) is 11.3 Å². The van der Waals surface area contributed by atoms with Crippen LogP contribution in [-0.2, 0) is 17.8 Å². The molecule has 2 aromatic heterocycles. The second-order valence-electron chi connectivity index (χ2n) is 8.00. The lowest BCUT2D eigenvalue weighted by Crippen LogP contribution is -2.27. The normalized spacial score (nSPS) is 14.9.